The maximum absolute atomic E-state index is 10.7. The Balaban J connectivity index is 2.72. The van der Waals surface area contributed by atoms with Crippen molar-refractivity contribution in [1.82, 2.24) is 0 Å². The minimum Gasteiger partial charge on any atom is -0.508 e. The molecule has 0 aromatic heterocycles. The van der Waals surface area contributed by atoms with Crippen molar-refractivity contribution in [2.24, 2.45) is 0 Å². The van der Waals surface area contributed by atoms with Gasteiger partial charge in [0.05, 0.1) is 0 Å². The molecule has 1 rings (SSSR count). The Bertz CT molecular complexity index is 321. The minimum absolute atomic E-state index is 0.120. The van der Waals surface area contributed by atoms with Crippen molar-refractivity contribution in [3.05, 3.63) is 28.8 Å². The number of carbonyl (C=O) groups excluding carboxylic acids is 1. The zero-order valence-corrected chi connectivity index (χ0v) is 8.14. The zero-order chi connectivity index (χ0) is 9.84. The first kappa shape index (κ1) is 10.1. The maximum Gasteiger partial charge on any atom is 0.130 e. The molecule has 70 valence electrons. The number of hydrogen-bond donors (Lipinski definition) is 1. The van der Waals surface area contributed by atoms with Crippen LogP contribution in [0.3, 0.4) is 0 Å². The number of ketones is 1. The van der Waals surface area contributed by atoms with E-state index in [9.17, 15) is 9.90 Å². The molecule has 2 nitrogen and oxygen atoms in total. The molecule has 0 atom stereocenters. The fourth-order valence-corrected chi connectivity index (χ4v) is 1.23. The normalized spacial score (nSPS) is 10.0. The van der Waals surface area contributed by atoms with Crippen LogP contribution in [0.4, 0.5) is 0 Å². The van der Waals surface area contributed by atoms with Gasteiger partial charge in [0.2, 0.25) is 0 Å². The summed E-state index contributed by atoms with van der Waals surface area (Å²) in [7, 11) is 0. The van der Waals surface area contributed by atoms with Gasteiger partial charge in [0.1, 0.15) is 11.5 Å². The second kappa shape index (κ2) is 4.28. The molecule has 3 heteroatoms. The van der Waals surface area contributed by atoms with Gasteiger partial charge in [-0.05, 0) is 31.0 Å². The summed E-state index contributed by atoms with van der Waals surface area (Å²) < 4.78 is 0. The summed E-state index contributed by atoms with van der Waals surface area (Å²) in [4.78, 5) is 10.7. The highest BCUT2D eigenvalue weighted by Crippen LogP contribution is 2.22. The molecule has 1 aromatic rings. The van der Waals surface area contributed by atoms with Gasteiger partial charge in [-0.1, -0.05) is 17.7 Å². The van der Waals surface area contributed by atoms with Crippen molar-refractivity contribution in [1.29, 1.82) is 0 Å². The molecule has 1 aromatic carbocycles. The Morgan fingerprint density at radius 3 is 2.77 bits per heavy atom. The average molecular weight is 199 g/mol. The number of hydrogen-bond acceptors (Lipinski definition) is 2. The van der Waals surface area contributed by atoms with Gasteiger partial charge in [-0.2, -0.15) is 0 Å². The topological polar surface area (TPSA) is 37.3 Å². The second-order valence-electron chi connectivity index (χ2n) is 2.98. The largest absolute Gasteiger partial charge is 0.508 e. The first-order chi connectivity index (χ1) is 6.09. The van der Waals surface area contributed by atoms with Gasteiger partial charge < -0.3 is 9.90 Å². The lowest BCUT2D eigenvalue weighted by molar-refractivity contribution is -0.116. The van der Waals surface area contributed by atoms with Crippen molar-refractivity contribution < 1.29 is 9.90 Å². The fourth-order valence-electron chi connectivity index (χ4n) is 1.06. The summed E-state index contributed by atoms with van der Waals surface area (Å²) in [5, 5.41) is 9.91. The molecule has 0 radical (unpaired) electrons. The first-order valence-electron chi connectivity index (χ1n) is 4.06. The van der Waals surface area contributed by atoms with Crippen LogP contribution >= 0.6 is 11.6 Å². The van der Waals surface area contributed by atoms with Crippen LogP contribution < -0.4 is 0 Å². The smallest absolute Gasteiger partial charge is 0.130 e. The van der Waals surface area contributed by atoms with Crippen LogP contribution in [0.1, 0.15) is 18.9 Å². The number of halogens is 1. The quantitative estimate of drug-likeness (QED) is 0.811. The van der Waals surface area contributed by atoms with Crippen LogP contribution in [0, 0.1) is 0 Å². The number of benzene rings is 1. The lowest BCUT2D eigenvalue weighted by atomic mass is 10.1. The summed E-state index contributed by atoms with van der Waals surface area (Å²) in [6.07, 6.45) is 1.02. The number of aromatic hydroxyl groups is 1. The number of phenols is 1. The molecule has 0 aliphatic rings. The Morgan fingerprint density at radius 1 is 1.54 bits per heavy atom. The molecule has 0 saturated carbocycles. The molecule has 0 amide bonds. The summed E-state index contributed by atoms with van der Waals surface area (Å²) in [6.45, 7) is 1.53. The highest BCUT2D eigenvalue weighted by Gasteiger charge is 2.02. The van der Waals surface area contributed by atoms with Crippen LogP contribution in [-0.4, -0.2) is 10.9 Å². The molecule has 1 N–H and O–H groups in total. The third-order valence-corrected chi connectivity index (χ3v) is 2.03. The SMILES string of the molecule is CC(=O)CCc1ccc(Cl)cc1O. The van der Waals surface area contributed by atoms with Crippen molar-refractivity contribution >= 4 is 17.4 Å². The predicted molar refractivity (Wildman–Crippen MR) is 52.1 cm³/mol. The molecule has 13 heavy (non-hydrogen) atoms. The maximum atomic E-state index is 10.7. The van der Waals surface area contributed by atoms with E-state index in [0.717, 1.165) is 5.56 Å². The van der Waals surface area contributed by atoms with E-state index in [4.69, 9.17) is 11.6 Å². The van der Waals surface area contributed by atoms with Crippen LogP contribution in [-0.2, 0) is 11.2 Å². The number of aryl methyl sites for hydroxylation is 1. The Labute approximate surface area is 82.2 Å². The third kappa shape index (κ3) is 3.07. The standard InChI is InChI=1S/C10H11ClO2/c1-7(12)2-3-8-4-5-9(11)6-10(8)13/h4-6,13H,2-3H2,1H3. The van der Waals surface area contributed by atoms with Crippen molar-refractivity contribution in [2.45, 2.75) is 19.8 Å². The Morgan fingerprint density at radius 2 is 2.23 bits per heavy atom. The Kier molecular flexibility index (Phi) is 3.32. The van der Waals surface area contributed by atoms with Crippen LogP contribution in [0.15, 0.2) is 18.2 Å². The molecule has 0 unspecified atom stereocenters. The number of phenolic OH excluding ortho intramolecular Hbond substituents is 1. The highest BCUT2D eigenvalue weighted by molar-refractivity contribution is 6.30. The lowest BCUT2D eigenvalue weighted by Crippen LogP contribution is -1.94. The second-order valence-corrected chi connectivity index (χ2v) is 3.41. The van der Waals surface area contributed by atoms with E-state index < -0.39 is 0 Å². The van der Waals surface area contributed by atoms with Gasteiger partial charge in [0, 0.05) is 11.4 Å². The van der Waals surface area contributed by atoms with E-state index in [0.29, 0.717) is 17.9 Å². The van der Waals surface area contributed by atoms with Gasteiger partial charge in [0.25, 0.3) is 0 Å². The minimum atomic E-state index is 0.120. The molecular formula is C10H11ClO2. The van der Waals surface area contributed by atoms with Gasteiger partial charge in [-0.3, -0.25) is 0 Å². The summed E-state index contributed by atoms with van der Waals surface area (Å²) in [5.74, 6) is 0.281. The molecule has 0 saturated heterocycles. The summed E-state index contributed by atoms with van der Waals surface area (Å²) in [6, 6.07) is 4.92. The monoisotopic (exact) mass is 198 g/mol. The molecule has 0 aliphatic carbocycles. The van der Waals surface area contributed by atoms with Crippen LogP contribution in [0.25, 0.3) is 0 Å². The van der Waals surface area contributed by atoms with E-state index in [-0.39, 0.29) is 11.5 Å². The first-order valence-corrected chi connectivity index (χ1v) is 4.44. The number of rotatable bonds is 3. The molecular weight excluding hydrogens is 188 g/mol. The lowest BCUT2D eigenvalue weighted by Gasteiger charge is -2.02. The summed E-state index contributed by atoms with van der Waals surface area (Å²) >= 11 is 5.65. The van der Waals surface area contributed by atoms with Crippen LogP contribution in [0.5, 0.6) is 5.75 Å². The molecule has 0 spiro atoms. The van der Waals surface area contributed by atoms with Crippen molar-refractivity contribution in [3.63, 3.8) is 0 Å². The highest BCUT2D eigenvalue weighted by atomic mass is 35.5. The van der Waals surface area contributed by atoms with E-state index in [1.165, 1.54) is 13.0 Å². The van der Waals surface area contributed by atoms with Gasteiger partial charge in [-0.25, -0.2) is 0 Å². The molecule has 0 bridgehead atoms. The zero-order valence-electron chi connectivity index (χ0n) is 7.38. The van der Waals surface area contributed by atoms with Gasteiger partial charge in [0.15, 0.2) is 0 Å². The number of Topliss-reactive ketones (excluding diaryl/α,β-unsaturated/α-hetero) is 1. The summed E-state index contributed by atoms with van der Waals surface area (Å²) in [5.41, 5.74) is 0.764. The number of carbonyl (C=O) groups is 1. The van der Waals surface area contributed by atoms with E-state index in [1.807, 2.05) is 0 Å². The van der Waals surface area contributed by atoms with E-state index in [1.54, 1.807) is 12.1 Å². The average Bonchev–Trinajstić information content (AvgIpc) is 2.02. The van der Waals surface area contributed by atoms with E-state index >= 15 is 0 Å². The molecule has 0 heterocycles. The van der Waals surface area contributed by atoms with E-state index in [2.05, 4.69) is 0 Å². The Hall–Kier alpha value is -1.02. The van der Waals surface area contributed by atoms with Crippen molar-refractivity contribution in [3.8, 4) is 5.75 Å². The van der Waals surface area contributed by atoms with Crippen LogP contribution in [0.2, 0.25) is 5.02 Å². The molecule has 0 aliphatic heterocycles. The third-order valence-electron chi connectivity index (χ3n) is 1.79. The van der Waals surface area contributed by atoms with Crippen molar-refractivity contribution in [2.75, 3.05) is 0 Å². The fraction of sp³-hybridized carbons (Fsp3) is 0.300. The van der Waals surface area contributed by atoms with Gasteiger partial charge in [-0.15, -0.1) is 0 Å². The predicted octanol–water partition coefficient (Wildman–Crippen LogP) is 2.57. The van der Waals surface area contributed by atoms with Gasteiger partial charge >= 0.3 is 0 Å². The molecule has 0 fully saturated rings.